The minimum absolute atomic E-state index is 0.00587. The third-order valence-electron chi connectivity index (χ3n) is 4.63. The molecule has 1 aliphatic rings. The van der Waals surface area contributed by atoms with Crippen molar-refractivity contribution in [3.63, 3.8) is 0 Å². The van der Waals surface area contributed by atoms with Crippen molar-refractivity contribution < 1.29 is 4.79 Å². The molecule has 1 aromatic heterocycles. The molecule has 3 N–H and O–H groups in total. The number of aromatic amines is 1. The van der Waals surface area contributed by atoms with Crippen molar-refractivity contribution in [3.05, 3.63) is 42.1 Å². The lowest BCUT2D eigenvalue weighted by Crippen LogP contribution is -2.48. The summed E-state index contributed by atoms with van der Waals surface area (Å²) in [5.74, 6) is 0.560. The Morgan fingerprint density at radius 2 is 2.17 bits per heavy atom. The number of nitrogens with one attached hydrogen (secondary N) is 3. The van der Waals surface area contributed by atoms with E-state index in [0.717, 1.165) is 28.6 Å². The molecule has 0 saturated heterocycles. The van der Waals surface area contributed by atoms with Crippen LogP contribution in [0.2, 0.25) is 0 Å². The standard InChI is InChI=1S/C19H24ClN3O/c1-4-5-12-6-7-15-16-13(10-21-15)8-14(9-20)22-19(24)17(11(2)3)23-18(12)16/h4,6-7,10-11,14,17,21,23H,1,5,8-9H2,2-3H3,(H,22,24)/t14-,17-/m0/s1. The van der Waals surface area contributed by atoms with E-state index >= 15 is 0 Å². The van der Waals surface area contributed by atoms with Crippen molar-refractivity contribution >= 4 is 34.1 Å². The summed E-state index contributed by atoms with van der Waals surface area (Å²) in [4.78, 5) is 16.1. The summed E-state index contributed by atoms with van der Waals surface area (Å²) in [6, 6.07) is 3.82. The summed E-state index contributed by atoms with van der Waals surface area (Å²) < 4.78 is 0. The van der Waals surface area contributed by atoms with E-state index in [4.69, 9.17) is 11.6 Å². The second-order valence-corrected chi connectivity index (χ2v) is 7.07. The van der Waals surface area contributed by atoms with Gasteiger partial charge >= 0.3 is 0 Å². The van der Waals surface area contributed by atoms with Gasteiger partial charge in [0.2, 0.25) is 5.91 Å². The number of hydrogen-bond donors (Lipinski definition) is 3. The number of alkyl halides is 1. The molecular formula is C19H24ClN3O. The third-order valence-corrected chi connectivity index (χ3v) is 5.00. The number of amides is 1. The van der Waals surface area contributed by atoms with Crippen LogP contribution in [0.4, 0.5) is 5.69 Å². The van der Waals surface area contributed by atoms with Crippen LogP contribution in [0.5, 0.6) is 0 Å². The van der Waals surface area contributed by atoms with Crippen molar-refractivity contribution in [1.82, 2.24) is 10.3 Å². The van der Waals surface area contributed by atoms with Gasteiger partial charge < -0.3 is 15.6 Å². The number of benzene rings is 1. The maximum absolute atomic E-state index is 12.7. The van der Waals surface area contributed by atoms with E-state index in [1.54, 1.807) is 0 Å². The molecule has 0 aliphatic carbocycles. The summed E-state index contributed by atoms with van der Waals surface area (Å²) >= 11 is 6.10. The predicted molar refractivity (Wildman–Crippen MR) is 101 cm³/mol. The van der Waals surface area contributed by atoms with Gasteiger partial charge in [0.15, 0.2) is 0 Å². The lowest BCUT2D eigenvalue weighted by molar-refractivity contribution is -0.123. The maximum Gasteiger partial charge on any atom is 0.243 e. The van der Waals surface area contributed by atoms with Crippen molar-refractivity contribution in [2.75, 3.05) is 11.2 Å². The zero-order chi connectivity index (χ0) is 17.3. The molecule has 2 aromatic rings. The van der Waals surface area contributed by atoms with Crippen LogP contribution in [-0.2, 0) is 17.6 Å². The second kappa shape index (κ2) is 6.89. The van der Waals surface area contributed by atoms with Crippen LogP contribution in [0.15, 0.2) is 31.0 Å². The van der Waals surface area contributed by atoms with Crippen LogP contribution in [0.3, 0.4) is 0 Å². The van der Waals surface area contributed by atoms with E-state index in [2.05, 4.69) is 48.2 Å². The number of aromatic nitrogens is 1. The minimum atomic E-state index is -0.300. The number of rotatable bonds is 4. The largest absolute Gasteiger partial charge is 0.373 e. The number of carbonyl (C=O) groups excluding carboxylic acids is 1. The SMILES string of the molecule is C=CCc1ccc2[nH]cc3c2c1N[C@@H](C(C)C)C(=O)N[C@H](CCl)C3. The molecule has 24 heavy (non-hydrogen) atoms. The van der Waals surface area contributed by atoms with Gasteiger partial charge in [0.05, 0.1) is 0 Å². The van der Waals surface area contributed by atoms with E-state index in [-0.39, 0.29) is 23.9 Å². The number of carbonyl (C=O) groups is 1. The van der Waals surface area contributed by atoms with Crippen molar-refractivity contribution in [2.45, 2.75) is 38.8 Å². The van der Waals surface area contributed by atoms with Gasteiger partial charge in [0, 0.05) is 34.7 Å². The molecule has 4 nitrogen and oxygen atoms in total. The summed E-state index contributed by atoms with van der Waals surface area (Å²) in [6.45, 7) is 7.97. The van der Waals surface area contributed by atoms with Crippen LogP contribution >= 0.6 is 11.6 Å². The highest BCUT2D eigenvalue weighted by Crippen LogP contribution is 2.33. The first kappa shape index (κ1) is 16.9. The highest BCUT2D eigenvalue weighted by atomic mass is 35.5. The van der Waals surface area contributed by atoms with Crippen LogP contribution in [0, 0.1) is 5.92 Å². The Labute approximate surface area is 147 Å². The lowest BCUT2D eigenvalue weighted by Gasteiger charge is -2.25. The van der Waals surface area contributed by atoms with Crippen LogP contribution in [-0.4, -0.2) is 28.9 Å². The van der Waals surface area contributed by atoms with Crippen molar-refractivity contribution in [1.29, 1.82) is 0 Å². The van der Waals surface area contributed by atoms with Crippen LogP contribution in [0.25, 0.3) is 10.9 Å². The minimum Gasteiger partial charge on any atom is -0.373 e. The quantitative estimate of drug-likeness (QED) is 0.585. The summed E-state index contributed by atoms with van der Waals surface area (Å²) in [6.07, 6.45) is 5.39. The zero-order valence-electron chi connectivity index (χ0n) is 14.2. The normalized spacial score (nSPS) is 20.9. The first-order chi connectivity index (χ1) is 11.5. The van der Waals surface area contributed by atoms with E-state index in [9.17, 15) is 4.79 Å². The summed E-state index contributed by atoms with van der Waals surface area (Å²) in [5, 5.41) is 7.76. The Kier molecular flexibility index (Phi) is 4.86. The van der Waals surface area contributed by atoms with Crippen LogP contribution < -0.4 is 10.6 Å². The molecule has 0 radical (unpaired) electrons. The topological polar surface area (TPSA) is 56.9 Å². The molecule has 0 bridgehead atoms. The predicted octanol–water partition coefficient (Wildman–Crippen LogP) is 3.61. The fourth-order valence-electron chi connectivity index (χ4n) is 3.38. The molecular weight excluding hydrogens is 322 g/mol. The molecule has 5 heteroatoms. The number of hydrogen-bond acceptors (Lipinski definition) is 2. The van der Waals surface area contributed by atoms with Gasteiger partial charge in [0.25, 0.3) is 0 Å². The molecule has 0 fully saturated rings. The molecule has 2 heterocycles. The Morgan fingerprint density at radius 3 is 2.83 bits per heavy atom. The molecule has 1 aromatic carbocycles. The average molecular weight is 346 g/mol. The smallest absolute Gasteiger partial charge is 0.243 e. The Morgan fingerprint density at radius 1 is 1.38 bits per heavy atom. The Balaban J connectivity index is 2.21. The van der Waals surface area contributed by atoms with Crippen molar-refractivity contribution in [3.8, 4) is 0 Å². The third kappa shape index (κ3) is 3.03. The maximum atomic E-state index is 12.7. The van der Waals surface area contributed by atoms with Gasteiger partial charge in [-0.25, -0.2) is 0 Å². The monoisotopic (exact) mass is 345 g/mol. The Bertz CT molecular complexity index is 765. The number of halogens is 1. The molecule has 128 valence electrons. The van der Waals surface area contributed by atoms with Crippen LogP contribution in [0.1, 0.15) is 25.0 Å². The molecule has 0 saturated carbocycles. The Hall–Kier alpha value is -1.94. The number of anilines is 1. The highest BCUT2D eigenvalue weighted by Gasteiger charge is 2.28. The van der Waals surface area contributed by atoms with Gasteiger partial charge in [-0.1, -0.05) is 26.0 Å². The molecule has 3 rings (SSSR count). The first-order valence-electron chi connectivity index (χ1n) is 8.40. The first-order valence-corrected chi connectivity index (χ1v) is 8.94. The highest BCUT2D eigenvalue weighted by molar-refractivity contribution is 6.18. The van der Waals surface area contributed by atoms with E-state index < -0.39 is 0 Å². The number of H-pyrrole nitrogens is 1. The molecule has 0 unspecified atom stereocenters. The fourth-order valence-corrected chi connectivity index (χ4v) is 3.57. The van der Waals surface area contributed by atoms with Gasteiger partial charge in [-0.15, -0.1) is 18.2 Å². The molecule has 1 amide bonds. The van der Waals surface area contributed by atoms with E-state index in [1.165, 1.54) is 5.56 Å². The average Bonchev–Trinajstić information content (AvgIpc) is 2.97. The van der Waals surface area contributed by atoms with E-state index in [1.807, 2.05) is 12.3 Å². The second-order valence-electron chi connectivity index (χ2n) is 6.76. The molecule has 0 spiro atoms. The summed E-state index contributed by atoms with van der Waals surface area (Å²) in [7, 11) is 0. The van der Waals surface area contributed by atoms with E-state index in [0.29, 0.717) is 12.3 Å². The molecule has 1 aliphatic heterocycles. The summed E-state index contributed by atoms with van der Waals surface area (Å²) in [5.41, 5.74) is 4.44. The lowest BCUT2D eigenvalue weighted by atomic mass is 9.99. The van der Waals surface area contributed by atoms with Gasteiger partial charge in [0.1, 0.15) is 6.04 Å². The van der Waals surface area contributed by atoms with Crippen molar-refractivity contribution in [2.24, 2.45) is 5.92 Å². The molecule has 2 atom stereocenters. The van der Waals surface area contributed by atoms with Gasteiger partial charge in [-0.05, 0) is 36.0 Å². The van der Waals surface area contributed by atoms with Gasteiger partial charge in [-0.3, -0.25) is 4.79 Å². The van der Waals surface area contributed by atoms with Gasteiger partial charge in [-0.2, -0.15) is 0 Å². The zero-order valence-corrected chi connectivity index (χ0v) is 14.9. The fraction of sp³-hybridized carbons (Fsp3) is 0.421. The number of allylic oxidation sites excluding steroid dienone is 1.